The number of para-hydroxylation sites is 1. The highest BCUT2D eigenvalue weighted by atomic mass is 15.6. The van der Waals surface area contributed by atoms with Crippen LogP contribution in [0.5, 0.6) is 0 Å². The molecule has 1 aromatic carbocycles. The standard InChI is InChI=1S/C21H22N8/c1-2-9-19(10-3-1)29-21(24-25-26-29)28-13-6-7-17(15-28)20-23-12-14-27(20)16-18-8-4-5-11-22-18/h1-5,8-12,14,17H,6-7,13,15-16H2/t17-/m0/s1. The molecule has 8 heteroatoms. The Kier molecular flexibility index (Phi) is 4.73. The van der Waals surface area contributed by atoms with E-state index in [1.54, 1.807) is 0 Å². The average Bonchev–Trinajstić information content (AvgIpc) is 3.45. The molecule has 0 radical (unpaired) electrons. The van der Waals surface area contributed by atoms with Crippen LogP contribution in [0.3, 0.4) is 0 Å². The van der Waals surface area contributed by atoms with E-state index < -0.39 is 0 Å². The Morgan fingerprint density at radius 2 is 1.86 bits per heavy atom. The Labute approximate surface area is 168 Å². The van der Waals surface area contributed by atoms with E-state index in [2.05, 4.69) is 35.0 Å². The SMILES string of the molecule is c1ccc(-n2nnnc2N2CCC[C@H](c3nccn3Cc3ccccn3)C2)cc1. The number of piperidine rings is 1. The average molecular weight is 386 g/mol. The second kappa shape index (κ2) is 7.83. The second-order valence-electron chi connectivity index (χ2n) is 7.25. The maximum atomic E-state index is 4.68. The lowest BCUT2D eigenvalue weighted by Crippen LogP contribution is -2.37. The van der Waals surface area contributed by atoms with Crippen molar-refractivity contribution in [1.29, 1.82) is 0 Å². The first-order valence-corrected chi connectivity index (χ1v) is 9.88. The summed E-state index contributed by atoms with van der Waals surface area (Å²) in [5.41, 5.74) is 2.00. The molecule has 4 heterocycles. The summed E-state index contributed by atoms with van der Waals surface area (Å²) in [6, 6.07) is 16.0. The fourth-order valence-corrected chi connectivity index (χ4v) is 3.97. The van der Waals surface area contributed by atoms with Crippen LogP contribution in [0.4, 0.5) is 5.95 Å². The monoisotopic (exact) mass is 386 g/mol. The van der Waals surface area contributed by atoms with Crippen molar-refractivity contribution in [3.05, 3.63) is 78.6 Å². The Balaban J connectivity index is 1.38. The molecule has 0 amide bonds. The second-order valence-corrected chi connectivity index (χ2v) is 7.25. The van der Waals surface area contributed by atoms with E-state index in [1.807, 2.05) is 71.8 Å². The van der Waals surface area contributed by atoms with E-state index in [-0.39, 0.29) is 0 Å². The molecule has 4 aromatic rings. The molecule has 5 rings (SSSR count). The molecule has 1 fully saturated rings. The Bertz CT molecular complexity index is 1060. The van der Waals surface area contributed by atoms with Gasteiger partial charge in [-0.1, -0.05) is 29.4 Å². The number of rotatable bonds is 5. The molecule has 146 valence electrons. The van der Waals surface area contributed by atoms with Gasteiger partial charge in [0.2, 0.25) is 5.95 Å². The maximum Gasteiger partial charge on any atom is 0.250 e. The van der Waals surface area contributed by atoms with Gasteiger partial charge in [-0.25, -0.2) is 4.98 Å². The molecule has 1 aliphatic rings. The summed E-state index contributed by atoms with van der Waals surface area (Å²) in [6.07, 6.45) is 7.92. The number of imidazole rings is 1. The van der Waals surface area contributed by atoms with E-state index in [9.17, 15) is 0 Å². The Hall–Kier alpha value is -3.55. The first-order valence-electron chi connectivity index (χ1n) is 9.88. The summed E-state index contributed by atoms with van der Waals surface area (Å²) in [5, 5.41) is 12.4. The number of benzene rings is 1. The number of nitrogens with zero attached hydrogens (tertiary/aromatic N) is 8. The molecule has 8 nitrogen and oxygen atoms in total. The third-order valence-electron chi connectivity index (χ3n) is 5.33. The van der Waals surface area contributed by atoms with Crippen molar-refractivity contribution in [1.82, 2.24) is 34.7 Å². The summed E-state index contributed by atoms with van der Waals surface area (Å²) < 4.78 is 4.01. The van der Waals surface area contributed by atoms with Crippen LogP contribution in [-0.2, 0) is 6.54 Å². The largest absolute Gasteiger partial charge is 0.339 e. The third-order valence-corrected chi connectivity index (χ3v) is 5.33. The predicted octanol–water partition coefficient (Wildman–Crippen LogP) is 2.69. The molecule has 1 saturated heterocycles. The van der Waals surface area contributed by atoms with Crippen molar-refractivity contribution < 1.29 is 0 Å². The minimum Gasteiger partial charge on any atom is -0.339 e. The molecule has 3 aromatic heterocycles. The van der Waals surface area contributed by atoms with Crippen molar-refractivity contribution >= 4 is 5.95 Å². The van der Waals surface area contributed by atoms with Crippen LogP contribution in [0.25, 0.3) is 5.69 Å². The number of hydrogen-bond acceptors (Lipinski definition) is 6. The van der Waals surface area contributed by atoms with Crippen LogP contribution in [0.15, 0.2) is 67.1 Å². The molecule has 1 atom stereocenters. The maximum absolute atomic E-state index is 4.68. The first-order chi connectivity index (χ1) is 14.4. The van der Waals surface area contributed by atoms with Crippen molar-refractivity contribution in [2.75, 3.05) is 18.0 Å². The highest BCUT2D eigenvalue weighted by Gasteiger charge is 2.28. The van der Waals surface area contributed by atoms with Gasteiger partial charge in [-0.05, 0) is 47.5 Å². The van der Waals surface area contributed by atoms with E-state index in [4.69, 9.17) is 0 Å². The highest BCUT2D eigenvalue weighted by molar-refractivity contribution is 5.41. The number of pyridine rings is 1. The number of anilines is 1. The topological polar surface area (TPSA) is 77.5 Å². The summed E-state index contributed by atoms with van der Waals surface area (Å²) >= 11 is 0. The zero-order valence-electron chi connectivity index (χ0n) is 16.0. The van der Waals surface area contributed by atoms with Gasteiger partial charge in [0.15, 0.2) is 0 Å². The zero-order chi connectivity index (χ0) is 19.5. The van der Waals surface area contributed by atoms with Gasteiger partial charge < -0.3 is 9.47 Å². The fraction of sp³-hybridized carbons (Fsp3) is 0.286. The Morgan fingerprint density at radius 1 is 0.966 bits per heavy atom. The highest BCUT2D eigenvalue weighted by Crippen LogP contribution is 2.29. The lowest BCUT2D eigenvalue weighted by molar-refractivity contribution is 0.468. The van der Waals surface area contributed by atoms with Crippen molar-refractivity contribution in [3.8, 4) is 5.69 Å². The summed E-state index contributed by atoms with van der Waals surface area (Å²) in [4.78, 5) is 11.4. The van der Waals surface area contributed by atoms with Crippen molar-refractivity contribution in [3.63, 3.8) is 0 Å². The van der Waals surface area contributed by atoms with Crippen LogP contribution in [-0.4, -0.2) is 47.8 Å². The van der Waals surface area contributed by atoms with Gasteiger partial charge >= 0.3 is 0 Å². The molecule has 0 unspecified atom stereocenters. The smallest absolute Gasteiger partial charge is 0.250 e. The van der Waals surface area contributed by atoms with Crippen LogP contribution in [0, 0.1) is 0 Å². The van der Waals surface area contributed by atoms with Gasteiger partial charge in [0.25, 0.3) is 0 Å². The third kappa shape index (κ3) is 3.61. The van der Waals surface area contributed by atoms with E-state index in [0.717, 1.165) is 55.6 Å². The summed E-state index contributed by atoms with van der Waals surface area (Å²) in [5.74, 6) is 2.20. The van der Waals surface area contributed by atoms with Gasteiger partial charge in [-0.3, -0.25) is 4.98 Å². The fourth-order valence-electron chi connectivity index (χ4n) is 3.97. The van der Waals surface area contributed by atoms with E-state index >= 15 is 0 Å². The molecule has 0 bridgehead atoms. The summed E-state index contributed by atoms with van der Waals surface area (Å²) in [6.45, 7) is 2.51. The predicted molar refractivity (Wildman–Crippen MR) is 109 cm³/mol. The molecule has 0 saturated carbocycles. The van der Waals surface area contributed by atoms with E-state index in [1.165, 1.54) is 0 Å². The van der Waals surface area contributed by atoms with Crippen molar-refractivity contribution in [2.24, 2.45) is 0 Å². The molecule has 29 heavy (non-hydrogen) atoms. The van der Waals surface area contributed by atoms with Crippen LogP contribution in [0.1, 0.15) is 30.3 Å². The quantitative estimate of drug-likeness (QED) is 0.525. The van der Waals surface area contributed by atoms with Crippen molar-refractivity contribution in [2.45, 2.75) is 25.3 Å². The molecule has 0 spiro atoms. The molecular weight excluding hydrogens is 364 g/mol. The molecule has 0 aliphatic carbocycles. The zero-order valence-corrected chi connectivity index (χ0v) is 16.0. The summed E-state index contributed by atoms with van der Waals surface area (Å²) in [7, 11) is 0. The lowest BCUT2D eigenvalue weighted by Gasteiger charge is -2.32. The molecule has 1 aliphatic heterocycles. The van der Waals surface area contributed by atoms with Gasteiger partial charge in [0, 0.05) is 37.6 Å². The van der Waals surface area contributed by atoms with Gasteiger partial charge in [-0.2, -0.15) is 4.68 Å². The van der Waals surface area contributed by atoms with Crippen LogP contribution >= 0.6 is 0 Å². The number of hydrogen-bond donors (Lipinski definition) is 0. The van der Waals surface area contributed by atoms with Crippen LogP contribution < -0.4 is 4.90 Å². The minimum atomic E-state index is 0.323. The van der Waals surface area contributed by atoms with Gasteiger partial charge in [-0.15, -0.1) is 0 Å². The van der Waals surface area contributed by atoms with Gasteiger partial charge in [0.05, 0.1) is 17.9 Å². The lowest BCUT2D eigenvalue weighted by atomic mass is 9.97. The van der Waals surface area contributed by atoms with Crippen LogP contribution in [0.2, 0.25) is 0 Å². The first kappa shape index (κ1) is 17.5. The number of tetrazole rings is 1. The minimum absolute atomic E-state index is 0.323. The molecular formula is C21H22N8. The van der Waals surface area contributed by atoms with Gasteiger partial charge in [0.1, 0.15) is 5.82 Å². The number of aromatic nitrogens is 7. The molecule has 0 N–H and O–H groups in total. The normalized spacial score (nSPS) is 16.8. The van der Waals surface area contributed by atoms with E-state index in [0.29, 0.717) is 5.92 Å². The Morgan fingerprint density at radius 3 is 2.72 bits per heavy atom.